The third-order valence-corrected chi connectivity index (χ3v) is 3.27. The number of nitrogens with one attached hydrogen (secondary N) is 1. The zero-order chi connectivity index (χ0) is 13.8. The summed E-state index contributed by atoms with van der Waals surface area (Å²) in [6.07, 6.45) is -3.99. The highest BCUT2D eigenvalue weighted by atomic mass is 19.4. The lowest BCUT2D eigenvalue weighted by Crippen LogP contribution is -2.50. The largest absolute Gasteiger partial charge is 0.397 e. The molecule has 1 N–H and O–H groups in total. The molecule has 2 unspecified atom stereocenters. The van der Waals surface area contributed by atoms with Crippen LogP contribution >= 0.6 is 0 Å². The summed E-state index contributed by atoms with van der Waals surface area (Å²) in [6, 6.07) is 0.305. The highest BCUT2D eigenvalue weighted by molar-refractivity contribution is 5.77. The second-order valence-corrected chi connectivity index (χ2v) is 4.96. The number of alkyl halides is 3. The van der Waals surface area contributed by atoms with E-state index in [1.54, 1.807) is 0 Å². The van der Waals surface area contributed by atoms with E-state index in [0.29, 0.717) is 19.1 Å². The quantitative estimate of drug-likeness (QED) is 0.846. The molecular formula is C12H21F3N2O. The van der Waals surface area contributed by atoms with Gasteiger partial charge >= 0.3 is 6.18 Å². The maximum absolute atomic E-state index is 12.1. The number of carbonyl (C=O) groups is 1. The first kappa shape index (κ1) is 15.3. The lowest BCUT2D eigenvalue weighted by molar-refractivity contribution is -0.162. The Kier molecular flexibility index (Phi) is 5.44. The Balaban J connectivity index is 2.43. The van der Waals surface area contributed by atoms with Crippen molar-refractivity contribution in [1.82, 2.24) is 10.2 Å². The number of halogens is 3. The molecule has 18 heavy (non-hydrogen) atoms. The van der Waals surface area contributed by atoms with Crippen LogP contribution in [0, 0.1) is 5.92 Å². The second-order valence-electron chi connectivity index (χ2n) is 4.96. The highest BCUT2D eigenvalue weighted by Gasteiger charge is 2.36. The number of hydrogen-bond donors (Lipinski definition) is 1. The summed E-state index contributed by atoms with van der Waals surface area (Å²) in [5.74, 6) is -0.606. The Morgan fingerprint density at radius 1 is 1.44 bits per heavy atom. The number of rotatable bonds is 4. The first-order chi connectivity index (χ1) is 8.33. The molecule has 106 valence electrons. The van der Waals surface area contributed by atoms with Gasteiger partial charge in [-0.25, -0.2) is 0 Å². The van der Waals surface area contributed by atoms with Crippen molar-refractivity contribution < 1.29 is 18.0 Å². The van der Waals surface area contributed by atoms with Gasteiger partial charge in [-0.2, -0.15) is 13.2 Å². The maximum Gasteiger partial charge on any atom is 0.397 e. The standard InChI is InChI=1S/C12H21F3N2O/c1-3-5-16-10-4-6-17(8-9(10)2)11(18)7-12(13,14)15/h9-10,16H,3-8H2,1-2H3. The van der Waals surface area contributed by atoms with Gasteiger partial charge in [0.2, 0.25) is 5.91 Å². The monoisotopic (exact) mass is 266 g/mol. The first-order valence-corrected chi connectivity index (χ1v) is 6.41. The zero-order valence-electron chi connectivity index (χ0n) is 10.9. The fraction of sp³-hybridized carbons (Fsp3) is 0.917. The fourth-order valence-corrected chi connectivity index (χ4v) is 2.29. The van der Waals surface area contributed by atoms with E-state index in [1.807, 2.05) is 6.92 Å². The molecule has 0 aliphatic carbocycles. The summed E-state index contributed by atoms with van der Waals surface area (Å²) in [6.45, 7) is 5.78. The van der Waals surface area contributed by atoms with E-state index in [4.69, 9.17) is 0 Å². The number of likely N-dealkylation sites (tertiary alicyclic amines) is 1. The summed E-state index contributed by atoms with van der Waals surface area (Å²) in [7, 11) is 0. The van der Waals surface area contributed by atoms with Gasteiger partial charge in [0.25, 0.3) is 0 Å². The van der Waals surface area contributed by atoms with Crippen molar-refractivity contribution in [3.63, 3.8) is 0 Å². The summed E-state index contributed by atoms with van der Waals surface area (Å²) in [4.78, 5) is 12.8. The molecular weight excluding hydrogens is 245 g/mol. The van der Waals surface area contributed by atoms with E-state index in [-0.39, 0.29) is 5.92 Å². The summed E-state index contributed by atoms with van der Waals surface area (Å²) in [5, 5.41) is 3.37. The second kappa shape index (κ2) is 6.41. The molecule has 6 heteroatoms. The molecule has 0 aromatic carbocycles. The van der Waals surface area contributed by atoms with Crippen molar-refractivity contribution >= 4 is 5.91 Å². The minimum atomic E-state index is -4.41. The highest BCUT2D eigenvalue weighted by Crippen LogP contribution is 2.23. The number of piperidine rings is 1. The maximum atomic E-state index is 12.1. The van der Waals surface area contributed by atoms with Crippen LogP contribution in [0.25, 0.3) is 0 Å². The van der Waals surface area contributed by atoms with Gasteiger partial charge in [0.05, 0.1) is 0 Å². The lowest BCUT2D eigenvalue weighted by atomic mass is 9.93. The molecule has 0 spiro atoms. The van der Waals surface area contributed by atoms with E-state index >= 15 is 0 Å². The molecule has 1 fully saturated rings. The van der Waals surface area contributed by atoms with Gasteiger partial charge in [0.15, 0.2) is 0 Å². The Morgan fingerprint density at radius 3 is 2.61 bits per heavy atom. The van der Waals surface area contributed by atoms with Gasteiger partial charge < -0.3 is 10.2 Å². The molecule has 2 atom stereocenters. The molecule has 1 rings (SSSR count). The molecule has 0 saturated carbocycles. The number of hydrogen-bond acceptors (Lipinski definition) is 2. The molecule has 0 aromatic heterocycles. The smallest absolute Gasteiger partial charge is 0.342 e. The van der Waals surface area contributed by atoms with Gasteiger partial charge in [-0.3, -0.25) is 4.79 Å². The van der Waals surface area contributed by atoms with Crippen LogP contribution < -0.4 is 5.32 Å². The average molecular weight is 266 g/mol. The predicted molar refractivity (Wildman–Crippen MR) is 63.1 cm³/mol. The van der Waals surface area contributed by atoms with Gasteiger partial charge in [0.1, 0.15) is 6.42 Å². The van der Waals surface area contributed by atoms with Crippen molar-refractivity contribution in [3.8, 4) is 0 Å². The Morgan fingerprint density at radius 2 is 2.11 bits per heavy atom. The third kappa shape index (κ3) is 4.84. The minimum absolute atomic E-state index is 0.197. The van der Waals surface area contributed by atoms with Crippen LogP contribution in [-0.2, 0) is 4.79 Å². The summed E-state index contributed by atoms with van der Waals surface area (Å²) < 4.78 is 36.4. The van der Waals surface area contributed by atoms with Crippen LogP contribution in [0.5, 0.6) is 0 Å². The molecule has 1 heterocycles. The van der Waals surface area contributed by atoms with Crippen LogP contribution in [0.2, 0.25) is 0 Å². The molecule has 3 nitrogen and oxygen atoms in total. The molecule has 1 aliphatic heterocycles. The molecule has 0 bridgehead atoms. The van der Waals surface area contributed by atoms with Crippen LogP contribution in [0.4, 0.5) is 13.2 Å². The normalized spacial score (nSPS) is 25.3. The SMILES string of the molecule is CCCNC1CCN(C(=O)CC(F)(F)F)CC1C. The third-order valence-electron chi connectivity index (χ3n) is 3.27. The number of amides is 1. The van der Waals surface area contributed by atoms with Crippen molar-refractivity contribution in [3.05, 3.63) is 0 Å². The first-order valence-electron chi connectivity index (χ1n) is 6.41. The minimum Gasteiger partial charge on any atom is -0.342 e. The van der Waals surface area contributed by atoms with Gasteiger partial charge in [0, 0.05) is 19.1 Å². The Labute approximate surface area is 106 Å². The van der Waals surface area contributed by atoms with Crippen LogP contribution in [0.1, 0.15) is 33.1 Å². The average Bonchev–Trinajstić information content (AvgIpc) is 2.25. The molecule has 0 aromatic rings. The summed E-state index contributed by atoms with van der Waals surface area (Å²) in [5.41, 5.74) is 0. The van der Waals surface area contributed by atoms with Crippen LogP contribution in [0.3, 0.4) is 0 Å². The lowest BCUT2D eigenvalue weighted by Gasteiger charge is -2.37. The van der Waals surface area contributed by atoms with E-state index in [1.165, 1.54) is 4.90 Å². The fourth-order valence-electron chi connectivity index (χ4n) is 2.29. The van der Waals surface area contributed by atoms with Crippen molar-refractivity contribution in [2.75, 3.05) is 19.6 Å². The summed E-state index contributed by atoms with van der Waals surface area (Å²) >= 11 is 0. The van der Waals surface area contributed by atoms with E-state index in [2.05, 4.69) is 12.2 Å². The van der Waals surface area contributed by atoms with Crippen molar-refractivity contribution in [2.24, 2.45) is 5.92 Å². The molecule has 1 aliphatic rings. The molecule has 0 radical (unpaired) electrons. The topological polar surface area (TPSA) is 32.3 Å². The van der Waals surface area contributed by atoms with E-state index < -0.39 is 18.5 Å². The Bertz CT molecular complexity index is 281. The van der Waals surface area contributed by atoms with Crippen LogP contribution in [-0.4, -0.2) is 42.7 Å². The zero-order valence-corrected chi connectivity index (χ0v) is 10.9. The van der Waals surface area contributed by atoms with Crippen LogP contribution in [0.15, 0.2) is 0 Å². The Hall–Kier alpha value is -0.780. The van der Waals surface area contributed by atoms with Gasteiger partial charge in [-0.05, 0) is 25.3 Å². The van der Waals surface area contributed by atoms with E-state index in [9.17, 15) is 18.0 Å². The number of nitrogens with zero attached hydrogens (tertiary/aromatic N) is 1. The molecule has 1 saturated heterocycles. The van der Waals surface area contributed by atoms with Crippen molar-refractivity contribution in [2.45, 2.75) is 45.3 Å². The predicted octanol–water partition coefficient (Wildman–Crippen LogP) is 2.18. The number of carbonyl (C=O) groups excluding carboxylic acids is 1. The van der Waals surface area contributed by atoms with Gasteiger partial charge in [-0.1, -0.05) is 13.8 Å². The molecule has 1 amide bonds. The van der Waals surface area contributed by atoms with E-state index in [0.717, 1.165) is 19.4 Å². The van der Waals surface area contributed by atoms with Crippen molar-refractivity contribution in [1.29, 1.82) is 0 Å². The van der Waals surface area contributed by atoms with Gasteiger partial charge in [-0.15, -0.1) is 0 Å².